The summed E-state index contributed by atoms with van der Waals surface area (Å²) in [6.45, 7) is 5.34. The molecule has 0 aromatic rings. The Morgan fingerprint density at radius 3 is 1.38 bits per heavy atom. The molecule has 63 heavy (non-hydrogen) atoms. The van der Waals surface area contributed by atoms with Crippen LogP contribution in [0.4, 0.5) is 0 Å². The van der Waals surface area contributed by atoms with Gasteiger partial charge in [0, 0.05) is 13.0 Å². The van der Waals surface area contributed by atoms with E-state index in [9.17, 15) is 14.3 Å². The van der Waals surface area contributed by atoms with E-state index in [0.29, 0.717) is 24.1 Å². The van der Waals surface area contributed by atoms with Crippen molar-refractivity contribution in [1.82, 2.24) is 0 Å². The fourth-order valence-corrected chi connectivity index (χ4v) is 8.09. The van der Waals surface area contributed by atoms with Crippen molar-refractivity contribution in [1.29, 1.82) is 0 Å². The maximum atomic E-state index is 12.8. The van der Waals surface area contributed by atoms with E-state index in [-0.39, 0.29) is 25.8 Å². The van der Waals surface area contributed by atoms with Gasteiger partial charge >= 0.3 is 5.97 Å². The van der Waals surface area contributed by atoms with Crippen molar-refractivity contribution in [3.8, 4) is 0 Å². The molecule has 0 spiro atoms. The van der Waals surface area contributed by atoms with Crippen LogP contribution in [0.3, 0.4) is 0 Å². The summed E-state index contributed by atoms with van der Waals surface area (Å²) in [6, 6.07) is 0. The lowest BCUT2D eigenvalue weighted by molar-refractivity contribution is -0.870. The number of allylic oxidation sites excluding steroid dienone is 8. The van der Waals surface area contributed by atoms with Crippen molar-refractivity contribution in [2.24, 2.45) is 0 Å². The molecule has 9 heteroatoms. The molecule has 0 aromatic heterocycles. The summed E-state index contributed by atoms with van der Waals surface area (Å²) in [5.41, 5.74) is 0. The Bertz CT molecular complexity index is 1150. The maximum Gasteiger partial charge on any atom is 0.306 e. The standard InChI is InChI=1S/C54H102NO7P/c1-6-8-10-12-14-16-18-20-22-24-26-27-28-29-30-31-33-35-37-39-41-43-45-47-54(56)62-53(52-61-63(57,58)60-50-48-55(3,4)5)51-59-49-46-44-42-40-38-36-34-32-25-23-21-19-17-15-13-11-9-7-2/h8,10,14,16,20,22,26-27,53H,6-7,9,11-13,15,17-19,21,23-25,28-52H2,1-5H3/b10-8-,16-14-,22-20-,27-26-. The van der Waals surface area contributed by atoms with Crippen LogP contribution < -0.4 is 4.89 Å². The maximum absolute atomic E-state index is 12.8. The van der Waals surface area contributed by atoms with Crippen LogP contribution in [-0.4, -0.2) is 70.7 Å². The van der Waals surface area contributed by atoms with Crippen molar-refractivity contribution in [3.63, 3.8) is 0 Å². The van der Waals surface area contributed by atoms with E-state index >= 15 is 0 Å². The van der Waals surface area contributed by atoms with E-state index < -0.39 is 13.9 Å². The number of phosphoric acid groups is 1. The molecule has 0 heterocycles. The number of carbonyl (C=O) groups is 1. The Hall–Kier alpha value is -1.54. The predicted molar refractivity (Wildman–Crippen MR) is 268 cm³/mol. The summed E-state index contributed by atoms with van der Waals surface area (Å²) in [5.74, 6) is -0.336. The van der Waals surface area contributed by atoms with Gasteiger partial charge in [-0.15, -0.1) is 0 Å². The Morgan fingerprint density at radius 2 is 0.921 bits per heavy atom. The van der Waals surface area contributed by atoms with Crippen molar-refractivity contribution in [2.45, 2.75) is 238 Å². The lowest BCUT2D eigenvalue weighted by Crippen LogP contribution is -2.37. The van der Waals surface area contributed by atoms with Crippen LogP contribution in [0.2, 0.25) is 0 Å². The van der Waals surface area contributed by atoms with Crippen LogP contribution in [0.1, 0.15) is 232 Å². The van der Waals surface area contributed by atoms with Crippen molar-refractivity contribution < 1.29 is 37.3 Å². The van der Waals surface area contributed by atoms with Crippen LogP contribution >= 0.6 is 7.82 Å². The molecule has 2 unspecified atom stereocenters. The molecule has 0 N–H and O–H groups in total. The first kappa shape index (κ1) is 61.5. The van der Waals surface area contributed by atoms with Crippen molar-refractivity contribution in [2.75, 3.05) is 54.1 Å². The fourth-order valence-electron chi connectivity index (χ4n) is 7.36. The number of likely N-dealkylation sites (N-methyl/N-ethyl adjacent to an activating group) is 1. The van der Waals surface area contributed by atoms with E-state index in [2.05, 4.69) is 62.5 Å². The van der Waals surface area contributed by atoms with Gasteiger partial charge in [0.1, 0.15) is 19.3 Å². The molecule has 370 valence electrons. The van der Waals surface area contributed by atoms with Gasteiger partial charge in [-0.3, -0.25) is 9.36 Å². The number of hydrogen-bond acceptors (Lipinski definition) is 7. The molecule has 0 aromatic carbocycles. The lowest BCUT2D eigenvalue weighted by atomic mass is 10.0. The summed E-state index contributed by atoms with van der Waals surface area (Å²) in [6.07, 6.45) is 58.5. The minimum Gasteiger partial charge on any atom is -0.756 e. The highest BCUT2D eigenvalue weighted by Gasteiger charge is 2.20. The fraction of sp³-hybridized carbons (Fsp3) is 0.833. The zero-order valence-electron chi connectivity index (χ0n) is 42.0. The largest absolute Gasteiger partial charge is 0.756 e. The molecule has 2 atom stereocenters. The number of carbonyl (C=O) groups excluding carboxylic acids is 1. The predicted octanol–water partition coefficient (Wildman–Crippen LogP) is 15.7. The second kappa shape index (κ2) is 47.0. The number of phosphoric ester groups is 1. The van der Waals surface area contributed by atoms with E-state index in [1.54, 1.807) is 0 Å². The Kier molecular flexibility index (Phi) is 45.8. The van der Waals surface area contributed by atoms with Gasteiger partial charge in [0.2, 0.25) is 0 Å². The summed E-state index contributed by atoms with van der Waals surface area (Å²) < 4.78 is 34.8. The molecule has 0 aliphatic heterocycles. The molecular formula is C54H102NO7P. The Morgan fingerprint density at radius 1 is 0.508 bits per heavy atom. The number of hydrogen-bond donors (Lipinski definition) is 0. The first-order valence-corrected chi connectivity index (χ1v) is 27.8. The smallest absolute Gasteiger partial charge is 0.306 e. The Labute approximate surface area is 390 Å². The highest BCUT2D eigenvalue weighted by Crippen LogP contribution is 2.38. The lowest BCUT2D eigenvalue weighted by Gasteiger charge is -2.28. The van der Waals surface area contributed by atoms with Crippen LogP contribution in [0.5, 0.6) is 0 Å². The van der Waals surface area contributed by atoms with Gasteiger partial charge < -0.3 is 27.9 Å². The van der Waals surface area contributed by atoms with Gasteiger partial charge in [0.05, 0.1) is 34.4 Å². The van der Waals surface area contributed by atoms with Crippen molar-refractivity contribution >= 4 is 13.8 Å². The van der Waals surface area contributed by atoms with Crippen LogP contribution in [0.15, 0.2) is 48.6 Å². The molecule has 0 aliphatic carbocycles. The third-order valence-corrected chi connectivity index (χ3v) is 12.4. The first-order chi connectivity index (χ1) is 30.6. The molecule has 0 saturated heterocycles. The molecule has 0 rings (SSSR count). The second-order valence-corrected chi connectivity index (χ2v) is 20.3. The average Bonchev–Trinajstić information content (AvgIpc) is 3.24. The molecule has 8 nitrogen and oxygen atoms in total. The third-order valence-electron chi connectivity index (χ3n) is 11.4. The molecule has 0 bridgehead atoms. The van der Waals surface area contributed by atoms with Crippen LogP contribution in [0, 0.1) is 0 Å². The summed E-state index contributed by atoms with van der Waals surface area (Å²) in [4.78, 5) is 25.2. The minimum atomic E-state index is -4.53. The second-order valence-electron chi connectivity index (χ2n) is 18.9. The van der Waals surface area contributed by atoms with Gasteiger partial charge in [-0.2, -0.15) is 0 Å². The van der Waals surface area contributed by atoms with Crippen molar-refractivity contribution in [3.05, 3.63) is 48.6 Å². The number of ether oxygens (including phenoxy) is 2. The van der Waals surface area contributed by atoms with Gasteiger partial charge in [-0.1, -0.05) is 223 Å². The van der Waals surface area contributed by atoms with E-state index in [1.807, 2.05) is 21.1 Å². The molecule has 0 saturated carbocycles. The zero-order chi connectivity index (χ0) is 46.2. The molecule has 0 radical (unpaired) electrons. The SMILES string of the molecule is CC/C=C\C/C=C\C/C=C\C/C=C\CCCCCCCCCCCCC(=O)OC(COCCCCCCCCCCCCCCCCCCCC)COP(=O)([O-])OCC[N+](C)(C)C. The van der Waals surface area contributed by atoms with Crippen LogP contribution in [-0.2, 0) is 27.9 Å². The highest BCUT2D eigenvalue weighted by atomic mass is 31.2. The van der Waals surface area contributed by atoms with Gasteiger partial charge in [-0.05, 0) is 51.4 Å². The van der Waals surface area contributed by atoms with Crippen LogP contribution in [0.25, 0.3) is 0 Å². The molecular weight excluding hydrogens is 806 g/mol. The van der Waals surface area contributed by atoms with Gasteiger partial charge in [0.25, 0.3) is 7.82 Å². The van der Waals surface area contributed by atoms with Gasteiger partial charge in [0.15, 0.2) is 0 Å². The van der Waals surface area contributed by atoms with E-state index in [0.717, 1.165) is 57.8 Å². The summed E-state index contributed by atoms with van der Waals surface area (Å²) in [5, 5.41) is 0. The minimum absolute atomic E-state index is 0.0256. The number of nitrogens with zero attached hydrogens (tertiary/aromatic N) is 1. The molecule has 0 fully saturated rings. The monoisotopic (exact) mass is 908 g/mol. The van der Waals surface area contributed by atoms with E-state index in [1.165, 1.54) is 154 Å². The number of quaternary nitrogens is 1. The zero-order valence-corrected chi connectivity index (χ0v) is 42.9. The highest BCUT2D eigenvalue weighted by molar-refractivity contribution is 7.45. The molecule has 0 amide bonds. The average molecular weight is 908 g/mol. The third kappa shape index (κ3) is 51.3. The number of rotatable bonds is 49. The quantitative estimate of drug-likeness (QED) is 0.0197. The first-order valence-electron chi connectivity index (χ1n) is 26.4. The van der Waals surface area contributed by atoms with E-state index in [4.69, 9.17) is 18.5 Å². The summed E-state index contributed by atoms with van der Waals surface area (Å²) in [7, 11) is 1.36. The number of unbranched alkanes of at least 4 members (excludes halogenated alkanes) is 27. The van der Waals surface area contributed by atoms with Gasteiger partial charge in [-0.25, -0.2) is 0 Å². The molecule has 0 aliphatic rings. The normalized spacial score (nSPS) is 13.9. The Balaban J connectivity index is 4.12. The number of esters is 1. The summed E-state index contributed by atoms with van der Waals surface area (Å²) >= 11 is 0. The topological polar surface area (TPSA) is 94.1 Å².